The molecule has 5 rings (SSSR count). The number of aliphatic hydroxyl groups is 5. The lowest BCUT2D eigenvalue weighted by atomic mass is 9.99. The molecule has 11 atom stereocenters. The molecule has 0 amide bonds. The van der Waals surface area contributed by atoms with Crippen LogP contribution in [0, 0.1) is 0 Å². The molecule has 2 aliphatic heterocycles. The van der Waals surface area contributed by atoms with E-state index in [0.29, 0.717) is 25.5 Å². The molecule has 0 saturated carbocycles. The van der Waals surface area contributed by atoms with E-state index in [1.807, 2.05) is 6.92 Å². The second-order valence-corrected chi connectivity index (χ2v) is 13.6. The number of ether oxygens (including phenoxy) is 4. The van der Waals surface area contributed by atoms with Crippen molar-refractivity contribution < 1.29 is 81.8 Å². The van der Waals surface area contributed by atoms with Gasteiger partial charge < -0.3 is 60.0 Å². The second-order valence-electron chi connectivity index (χ2n) is 11.0. The number of H-pyrrole nitrogens is 1. The molecule has 28 heteroatoms. The largest absolute Gasteiger partial charge is 0.502 e. The lowest BCUT2D eigenvalue weighted by Gasteiger charge is -2.40. The number of anilines is 1. The number of phosphoric ester groups is 2. The molecule has 26 nitrogen and oxygen atoms in total. The number of phosphoric acid groups is 2. The summed E-state index contributed by atoms with van der Waals surface area (Å²) >= 11 is 0. The zero-order valence-electron chi connectivity index (χ0n) is 26.4. The summed E-state index contributed by atoms with van der Waals surface area (Å²) in [6.45, 7) is 1.85. The SMILES string of the molecule is CCOCCOCc1cn(CC2O[C@H](OP(=O)(O)OOP(=O)(O)OC[C@H]3O[C@@H](n4cnc5c(=O)[nH]c(N)nc54)[C@@H](O)C3O)C(O)[C@@H](O)[C@@H]2O)nn1. The van der Waals surface area contributed by atoms with Gasteiger partial charge in [0.25, 0.3) is 5.56 Å². The average Bonchev–Trinajstić information content (AvgIpc) is 3.78. The topological polar surface area (TPSA) is 370 Å². The first-order valence-electron chi connectivity index (χ1n) is 14.9. The van der Waals surface area contributed by atoms with Crippen LogP contribution < -0.4 is 11.3 Å². The molecule has 5 unspecified atom stereocenters. The number of nitrogen functional groups attached to an aromatic ring is 1. The van der Waals surface area contributed by atoms with Crippen LogP contribution in [-0.2, 0) is 59.6 Å². The summed E-state index contributed by atoms with van der Waals surface area (Å²) in [5.74, 6) is -0.277. The van der Waals surface area contributed by atoms with Crippen LogP contribution in [0.1, 0.15) is 18.8 Å². The molecule has 286 valence electrons. The zero-order valence-corrected chi connectivity index (χ0v) is 28.2. The molecule has 10 N–H and O–H groups in total. The molecule has 51 heavy (non-hydrogen) atoms. The lowest BCUT2D eigenvalue weighted by molar-refractivity contribution is -0.284. The van der Waals surface area contributed by atoms with E-state index in [4.69, 9.17) is 24.7 Å². The Kier molecular flexibility index (Phi) is 12.7. The first-order chi connectivity index (χ1) is 24.1. The fourth-order valence-electron chi connectivity index (χ4n) is 4.92. The molecule has 0 spiro atoms. The Morgan fingerprint density at radius 2 is 1.67 bits per heavy atom. The quantitative estimate of drug-likeness (QED) is 0.0274. The van der Waals surface area contributed by atoms with Gasteiger partial charge in [-0.05, 0) is 6.92 Å². The van der Waals surface area contributed by atoms with Crippen molar-refractivity contribution >= 4 is 32.8 Å². The monoisotopic (exact) mass is 774 g/mol. The highest BCUT2D eigenvalue weighted by molar-refractivity contribution is 7.49. The van der Waals surface area contributed by atoms with E-state index in [1.54, 1.807) is 0 Å². The van der Waals surface area contributed by atoms with Crippen molar-refractivity contribution in [2.75, 3.05) is 32.2 Å². The summed E-state index contributed by atoms with van der Waals surface area (Å²) < 4.78 is 66.2. The normalized spacial score (nSPS) is 30.8. The Morgan fingerprint density at radius 3 is 2.41 bits per heavy atom. The van der Waals surface area contributed by atoms with E-state index in [9.17, 15) is 49.2 Å². The summed E-state index contributed by atoms with van der Waals surface area (Å²) in [5, 5.41) is 59.7. The number of nitrogens with two attached hydrogens (primary N) is 1. The van der Waals surface area contributed by atoms with Gasteiger partial charge in [-0.15, -0.1) is 14.4 Å². The molecule has 0 aliphatic carbocycles. The maximum absolute atomic E-state index is 12.5. The number of nitrogens with zero attached hydrogens (tertiary/aromatic N) is 6. The van der Waals surface area contributed by atoms with Crippen molar-refractivity contribution in [2.45, 2.75) is 75.3 Å². The Bertz CT molecular complexity index is 1780. The predicted molar refractivity (Wildman–Crippen MR) is 160 cm³/mol. The van der Waals surface area contributed by atoms with Crippen LogP contribution in [0.25, 0.3) is 11.2 Å². The minimum atomic E-state index is -5.56. The summed E-state index contributed by atoms with van der Waals surface area (Å²) in [6, 6.07) is 0. The second kappa shape index (κ2) is 16.4. The molecule has 3 aromatic rings. The van der Waals surface area contributed by atoms with Gasteiger partial charge in [0.15, 0.2) is 23.7 Å². The molecule has 0 aromatic carbocycles. The third kappa shape index (κ3) is 9.58. The fourth-order valence-corrected chi connectivity index (χ4v) is 6.44. The minimum absolute atomic E-state index is 0.0776. The van der Waals surface area contributed by atoms with Crippen molar-refractivity contribution in [2.24, 2.45) is 0 Å². The number of imidazole rings is 1. The molecular weight excluding hydrogens is 738 g/mol. The van der Waals surface area contributed by atoms with Gasteiger partial charge in [0.2, 0.25) is 5.95 Å². The summed E-state index contributed by atoms with van der Waals surface area (Å²) in [6.07, 6.45) is -13.3. The van der Waals surface area contributed by atoms with Gasteiger partial charge in [-0.1, -0.05) is 5.21 Å². The maximum atomic E-state index is 12.5. The molecule has 2 saturated heterocycles. The van der Waals surface area contributed by atoms with Crippen molar-refractivity contribution in [1.82, 2.24) is 34.5 Å². The highest BCUT2D eigenvalue weighted by Gasteiger charge is 2.49. The molecule has 2 aliphatic rings. The van der Waals surface area contributed by atoms with Crippen LogP contribution in [0.5, 0.6) is 0 Å². The lowest BCUT2D eigenvalue weighted by Crippen LogP contribution is -2.59. The third-order valence-corrected chi connectivity index (χ3v) is 8.96. The van der Waals surface area contributed by atoms with E-state index in [-0.39, 0.29) is 30.3 Å². The van der Waals surface area contributed by atoms with Crippen LogP contribution in [0.15, 0.2) is 17.3 Å². The van der Waals surface area contributed by atoms with Gasteiger partial charge in [0.1, 0.15) is 48.4 Å². The number of aromatic amines is 1. The molecule has 0 radical (unpaired) electrons. The van der Waals surface area contributed by atoms with E-state index < -0.39 is 83.1 Å². The number of fused-ring (bicyclic) bond motifs is 1. The number of aromatic nitrogens is 7. The molecular formula is C23H36N8O18P2. The third-order valence-electron chi connectivity index (χ3n) is 7.37. The molecule has 3 aromatic heterocycles. The first kappa shape index (κ1) is 39.4. The summed E-state index contributed by atoms with van der Waals surface area (Å²) in [4.78, 5) is 42.2. The molecule has 2 fully saturated rings. The zero-order chi connectivity index (χ0) is 37.1. The first-order valence-corrected chi connectivity index (χ1v) is 17.9. The highest BCUT2D eigenvalue weighted by atomic mass is 31.2. The van der Waals surface area contributed by atoms with Gasteiger partial charge in [-0.2, -0.15) is 4.98 Å². The van der Waals surface area contributed by atoms with Crippen LogP contribution in [0.2, 0.25) is 0 Å². The van der Waals surface area contributed by atoms with E-state index >= 15 is 0 Å². The van der Waals surface area contributed by atoms with Crippen LogP contribution in [-0.4, -0.2) is 145 Å². The summed E-state index contributed by atoms with van der Waals surface area (Å²) in [7, 11) is -11.0. The van der Waals surface area contributed by atoms with Gasteiger partial charge in [-0.3, -0.25) is 23.4 Å². The minimum Gasteiger partial charge on any atom is -0.388 e. The van der Waals surface area contributed by atoms with Crippen molar-refractivity contribution in [3.8, 4) is 0 Å². The van der Waals surface area contributed by atoms with Crippen molar-refractivity contribution in [3.63, 3.8) is 0 Å². The molecule has 5 heterocycles. The Balaban J connectivity index is 1.13. The fraction of sp³-hybridized carbons (Fsp3) is 0.696. The van der Waals surface area contributed by atoms with Crippen molar-refractivity contribution in [1.29, 1.82) is 0 Å². The Morgan fingerprint density at radius 1 is 0.961 bits per heavy atom. The Labute approximate surface area is 285 Å². The average molecular weight is 775 g/mol. The van der Waals surface area contributed by atoms with Crippen LogP contribution in [0.3, 0.4) is 0 Å². The standard InChI is InChI=1S/C23H36N8O18P2/c1-2-42-3-4-43-7-10-5-30(29-28-10)6-11-14(32)16(34)18(36)22(46-11)47-51(40,41)49-48-50(38,39)44-8-12-15(33)17(35)21(45-12)31-9-25-13-19(31)26-23(24)27-20(13)37/h5,9,11-12,14-18,21-22,32-36H,2-4,6-8H2,1H3,(H,38,39)(H,40,41)(H3,24,26,27,37)/t11?,12-,14-,15?,16+,17+,18?,21-,22-/m1/s1. The van der Waals surface area contributed by atoms with Gasteiger partial charge in [-0.25, -0.2) is 18.8 Å². The van der Waals surface area contributed by atoms with Crippen molar-refractivity contribution in [3.05, 3.63) is 28.6 Å². The smallest absolute Gasteiger partial charge is 0.388 e. The van der Waals surface area contributed by atoms with Crippen LogP contribution >= 0.6 is 15.6 Å². The number of rotatable bonds is 17. The molecule has 0 bridgehead atoms. The number of nitrogens with one attached hydrogen (secondary N) is 1. The van der Waals surface area contributed by atoms with E-state index in [2.05, 4.69) is 43.7 Å². The number of aliphatic hydroxyl groups excluding tert-OH is 5. The number of hydrogen-bond donors (Lipinski definition) is 9. The van der Waals surface area contributed by atoms with E-state index in [1.165, 1.54) is 10.9 Å². The predicted octanol–water partition coefficient (Wildman–Crippen LogP) is -3.84. The maximum Gasteiger partial charge on any atom is 0.502 e. The van der Waals surface area contributed by atoms with Gasteiger partial charge in [0, 0.05) is 6.61 Å². The summed E-state index contributed by atoms with van der Waals surface area (Å²) in [5.41, 5.74) is 4.98. The van der Waals surface area contributed by atoms with Gasteiger partial charge >= 0.3 is 15.6 Å². The van der Waals surface area contributed by atoms with Crippen LogP contribution in [0.4, 0.5) is 5.95 Å². The number of hydrogen-bond acceptors (Lipinski definition) is 21. The van der Waals surface area contributed by atoms with Gasteiger partial charge in [0.05, 0.1) is 45.5 Å². The Hall–Kier alpha value is -2.85. The highest BCUT2D eigenvalue weighted by Crippen LogP contribution is 2.54. The van der Waals surface area contributed by atoms with E-state index in [0.717, 1.165) is 10.9 Å².